The summed E-state index contributed by atoms with van der Waals surface area (Å²) in [5.41, 5.74) is 5.90. The third kappa shape index (κ3) is 2.29. The normalized spacial score (nSPS) is 13.1. The lowest BCUT2D eigenvalue weighted by atomic mass is 10.1. The Kier molecular flexibility index (Phi) is 3.48. The Morgan fingerprint density at radius 2 is 2.39 bits per heavy atom. The van der Waals surface area contributed by atoms with Crippen LogP contribution in [0.5, 0.6) is 0 Å². The van der Waals surface area contributed by atoms with Crippen molar-refractivity contribution in [2.24, 2.45) is 11.7 Å². The largest absolute Gasteiger partial charge is 0.372 e. The third-order valence-electron chi connectivity index (χ3n) is 2.77. The van der Waals surface area contributed by atoms with Gasteiger partial charge in [0.05, 0.1) is 0 Å². The number of anilines is 1. The molecule has 2 aromatic rings. The van der Waals surface area contributed by atoms with Crippen molar-refractivity contribution < 1.29 is 4.92 Å². The molecule has 0 radical (unpaired) electrons. The highest BCUT2D eigenvalue weighted by atomic mass is 32.1. The average Bonchev–Trinajstić information content (AvgIpc) is 2.83. The number of thiazole rings is 1. The summed E-state index contributed by atoms with van der Waals surface area (Å²) in [5.74, 6) is 0.547. The predicted molar refractivity (Wildman–Crippen MR) is 71.0 cm³/mol. The highest BCUT2D eigenvalue weighted by Crippen LogP contribution is 2.27. The minimum Gasteiger partial charge on any atom is -0.361 e. The van der Waals surface area contributed by atoms with Crippen molar-refractivity contribution in [3.05, 3.63) is 21.7 Å². The molecule has 0 saturated carbocycles. The molecule has 0 bridgehead atoms. The van der Waals surface area contributed by atoms with Crippen LogP contribution in [0, 0.1) is 16.0 Å². The number of nitrogens with one attached hydrogen (secondary N) is 1. The number of nitro groups is 1. The second kappa shape index (κ2) is 4.91. The van der Waals surface area contributed by atoms with Gasteiger partial charge in [-0.1, -0.05) is 25.2 Å². The SMILES string of the molecule is CC(C)C(N)CNc1nc2sccn2c1[N+](=O)[O-]. The Hall–Kier alpha value is -1.67. The molecule has 7 nitrogen and oxygen atoms in total. The molecular weight excluding hydrogens is 254 g/mol. The molecule has 0 aromatic carbocycles. The van der Waals surface area contributed by atoms with Crippen LogP contribution in [0.3, 0.4) is 0 Å². The van der Waals surface area contributed by atoms with E-state index in [9.17, 15) is 10.1 Å². The number of imidazole rings is 1. The van der Waals surface area contributed by atoms with Gasteiger partial charge in [0, 0.05) is 18.0 Å². The van der Waals surface area contributed by atoms with E-state index in [-0.39, 0.29) is 17.7 Å². The average molecular weight is 269 g/mol. The minimum absolute atomic E-state index is 0.0396. The van der Waals surface area contributed by atoms with Crippen molar-refractivity contribution in [1.82, 2.24) is 9.38 Å². The van der Waals surface area contributed by atoms with Crippen molar-refractivity contribution in [3.8, 4) is 0 Å². The number of hydrogen-bond donors (Lipinski definition) is 2. The van der Waals surface area contributed by atoms with E-state index in [2.05, 4.69) is 10.3 Å². The maximum Gasteiger partial charge on any atom is 0.372 e. The number of nitrogens with zero attached hydrogens (tertiary/aromatic N) is 3. The fourth-order valence-electron chi connectivity index (χ4n) is 1.52. The van der Waals surface area contributed by atoms with Crippen LogP contribution in [0.25, 0.3) is 4.96 Å². The summed E-state index contributed by atoms with van der Waals surface area (Å²) in [6, 6.07) is -0.0654. The number of rotatable bonds is 5. The maximum absolute atomic E-state index is 11.1. The first-order chi connectivity index (χ1) is 8.50. The Bertz CT molecular complexity index is 562. The van der Waals surface area contributed by atoms with Gasteiger partial charge in [0.1, 0.15) is 6.20 Å². The number of aromatic nitrogens is 2. The van der Waals surface area contributed by atoms with Gasteiger partial charge >= 0.3 is 5.82 Å². The molecule has 1 unspecified atom stereocenters. The zero-order valence-corrected chi connectivity index (χ0v) is 11.0. The minimum atomic E-state index is -0.435. The van der Waals surface area contributed by atoms with Crippen molar-refractivity contribution in [2.45, 2.75) is 19.9 Å². The molecule has 0 aliphatic rings. The molecule has 0 spiro atoms. The zero-order valence-electron chi connectivity index (χ0n) is 10.2. The second-order valence-electron chi connectivity index (χ2n) is 4.39. The molecule has 0 fully saturated rings. The van der Waals surface area contributed by atoms with Crippen molar-refractivity contribution in [1.29, 1.82) is 0 Å². The smallest absolute Gasteiger partial charge is 0.361 e. The van der Waals surface area contributed by atoms with Crippen LogP contribution in [0.2, 0.25) is 0 Å². The van der Waals surface area contributed by atoms with Gasteiger partial charge in [0.2, 0.25) is 5.82 Å². The number of hydrogen-bond acceptors (Lipinski definition) is 6. The van der Waals surface area contributed by atoms with Gasteiger partial charge in [-0.25, -0.2) is 0 Å². The van der Waals surface area contributed by atoms with E-state index in [1.165, 1.54) is 15.7 Å². The van der Waals surface area contributed by atoms with Crippen LogP contribution in [0.4, 0.5) is 11.6 Å². The van der Waals surface area contributed by atoms with Crippen LogP contribution < -0.4 is 11.1 Å². The molecule has 8 heteroatoms. The summed E-state index contributed by atoms with van der Waals surface area (Å²) >= 11 is 1.36. The van der Waals surface area contributed by atoms with Crippen LogP contribution in [-0.2, 0) is 0 Å². The molecule has 0 saturated heterocycles. The monoisotopic (exact) mass is 269 g/mol. The van der Waals surface area contributed by atoms with Gasteiger partial charge in [0.15, 0.2) is 0 Å². The van der Waals surface area contributed by atoms with E-state index in [0.29, 0.717) is 17.4 Å². The Balaban J connectivity index is 2.24. The molecule has 0 amide bonds. The van der Waals surface area contributed by atoms with E-state index in [0.717, 1.165) is 0 Å². The summed E-state index contributed by atoms with van der Waals surface area (Å²) in [6.07, 6.45) is 1.64. The van der Waals surface area contributed by atoms with Crippen LogP contribution in [0.1, 0.15) is 13.8 Å². The zero-order chi connectivity index (χ0) is 13.3. The Morgan fingerprint density at radius 3 is 3.00 bits per heavy atom. The fourth-order valence-corrected chi connectivity index (χ4v) is 2.23. The number of nitrogens with two attached hydrogens (primary N) is 1. The first-order valence-electron chi connectivity index (χ1n) is 5.60. The molecule has 0 aliphatic heterocycles. The number of fused-ring (bicyclic) bond motifs is 1. The lowest BCUT2D eigenvalue weighted by Gasteiger charge is -2.15. The second-order valence-corrected chi connectivity index (χ2v) is 5.26. The van der Waals surface area contributed by atoms with Crippen molar-refractivity contribution in [3.63, 3.8) is 0 Å². The summed E-state index contributed by atoms with van der Waals surface area (Å²) in [5, 5.41) is 15.8. The van der Waals surface area contributed by atoms with E-state index < -0.39 is 4.92 Å². The molecule has 1 atom stereocenters. The predicted octanol–water partition coefficient (Wildman–Crippen LogP) is 1.70. The molecule has 3 N–H and O–H groups in total. The topological polar surface area (TPSA) is 98.5 Å². The van der Waals surface area contributed by atoms with Gasteiger partial charge < -0.3 is 21.2 Å². The quantitative estimate of drug-likeness (QED) is 0.636. The highest BCUT2D eigenvalue weighted by Gasteiger charge is 2.23. The van der Waals surface area contributed by atoms with Gasteiger partial charge in [-0.3, -0.25) is 0 Å². The Labute approximate surface area is 108 Å². The van der Waals surface area contributed by atoms with Crippen LogP contribution in [0.15, 0.2) is 11.6 Å². The van der Waals surface area contributed by atoms with E-state index >= 15 is 0 Å². The summed E-state index contributed by atoms with van der Waals surface area (Å²) < 4.78 is 1.47. The summed E-state index contributed by atoms with van der Waals surface area (Å²) in [4.78, 5) is 15.4. The highest BCUT2D eigenvalue weighted by molar-refractivity contribution is 7.15. The Morgan fingerprint density at radius 1 is 1.67 bits per heavy atom. The standard InChI is InChI=1S/C10H15N5O2S/c1-6(2)7(11)5-12-8-9(15(16)17)14-3-4-18-10(14)13-8/h3-4,6-7,12H,5,11H2,1-2H3. The van der Waals surface area contributed by atoms with E-state index in [4.69, 9.17) is 5.73 Å². The maximum atomic E-state index is 11.1. The fraction of sp³-hybridized carbons (Fsp3) is 0.500. The molecule has 2 rings (SSSR count). The van der Waals surface area contributed by atoms with Gasteiger partial charge in [0.25, 0.3) is 4.96 Å². The summed E-state index contributed by atoms with van der Waals surface area (Å²) in [7, 11) is 0. The van der Waals surface area contributed by atoms with Crippen LogP contribution in [-0.4, -0.2) is 26.9 Å². The third-order valence-corrected chi connectivity index (χ3v) is 3.53. The van der Waals surface area contributed by atoms with E-state index in [1.807, 2.05) is 13.8 Å². The first kappa shape index (κ1) is 12.8. The van der Waals surface area contributed by atoms with Crippen molar-refractivity contribution in [2.75, 3.05) is 11.9 Å². The molecule has 18 heavy (non-hydrogen) atoms. The van der Waals surface area contributed by atoms with E-state index in [1.54, 1.807) is 11.6 Å². The lowest BCUT2D eigenvalue weighted by Crippen LogP contribution is -2.34. The van der Waals surface area contributed by atoms with Gasteiger partial charge in [-0.05, 0) is 10.8 Å². The first-order valence-corrected chi connectivity index (χ1v) is 6.48. The summed E-state index contributed by atoms with van der Waals surface area (Å²) in [6.45, 7) is 4.47. The lowest BCUT2D eigenvalue weighted by molar-refractivity contribution is -0.389. The molecule has 2 aromatic heterocycles. The van der Waals surface area contributed by atoms with Crippen molar-refractivity contribution >= 4 is 27.9 Å². The van der Waals surface area contributed by atoms with Crippen LogP contribution >= 0.6 is 11.3 Å². The van der Waals surface area contributed by atoms with Gasteiger partial charge in [-0.2, -0.15) is 9.38 Å². The molecule has 0 aliphatic carbocycles. The van der Waals surface area contributed by atoms with Gasteiger partial charge in [-0.15, -0.1) is 0 Å². The molecular formula is C10H15N5O2S. The molecule has 98 valence electrons. The molecule has 2 heterocycles.